The first-order chi connectivity index (χ1) is 11.2. The SMILES string of the molecule is CC(C)OC(=O)Nc1ccn([C@@H]2O[C@H](CO)C(O)C2(F)F)c(=O)n1. The van der Waals surface area contributed by atoms with Gasteiger partial charge in [-0.05, 0) is 19.9 Å². The highest BCUT2D eigenvalue weighted by molar-refractivity contribution is 5.83. The lowest BCUT2D eigenvalue weighted by Gasteiger charge is -2.21. The third kappa shape index (κ3) is 3.52. The molecule has 2 rings (SSSR count). The van der Waals surface area contributed by atoms with E-state index < -0.39 is 48.9 Å². The number of aliphatic hydroxyl groups is 2. The lowest BCUT2D eigenvalue weighted by Crippen LogP contribution is -2.41. The summed E-state index contributed by atoms with van der Waals surface area (Å²) in [6, 6.07) is 1.10. The van der Waals surface area contributed by atoms with Gasteiger partial charge in [-0.15, -0.1) is 0 Å². The number of aliphatic hydroxyl groups excluding tert-OH is 2. The van der Waals surface area contributed by atoms with Gasteiger partial charge in [-0.3, -0.25) is 9.88 Å². The summed E-state index contributed by atoms with van der Waals surface area (Å²) in [5, 5.41) is 20.6. The van der Waals surface area contributed by atoms with Crippen LogP contribution in [-0.4, -0.2) is 56.7 Å². The normalized spacial score (nSPS) is 25.7. The van der Waals surface area contributed by atoms with E-state index in [0.717, 1.165) is 12.3 Å². The van der Waals surface area contributed by atoms with Crippen molar-refractivity contribution in [1.82, 2.24) is 9.55 Å². The second-order valence-corrected chi connectivity index (χ2v) is 5.41. The standard InChI is InChI=1S/C13H17F2N3O6/c1-6(2)23-12(22)17-8-3-4-18(11(21)16-8)10-13(14,15)9(20)7(5-19)24-10/h3-4,6-7,9-10,19-20H,5H2,1-2H3,(H,16,17,21,22)/t7-,9?,10-/m1/s1. The van der Waals surface area contributed by atoms with Crippen molar-refractivity contribution < 1.29 is 33.3 Å². The number of aromatic nitrogens is 2. The highest BCUT2D eigenvalue weighted by Crippen LogP contribution is 2.41. The molecule has 0 radical (unpaired) electrons. The molecular weight excluding hydrogens is 332 g/mol. The zero-order valence-electron chi connectivity index (χ0n) is 12.8. The molecular formula is C13H17F2N3O6. The van der Waals surface area contributed by atoms with Gasteiger partial charge in [0.25, 0.3) is 0 Å². The molecule has 1 aromatic rings. The molecule has 1 aliphatic heterocycles. The molecule has 134 valence electrons. The van der Waals surface area contributed by atoms with Crippen molar-refractivity contribution in [2.75, 3.05) is 11.9 Å². The summed E-state index contributed by atoms with van der Waals surface area (Å²) in [7, 11) is 0. The largest absolute Gasteiger partial charge is 0.447 e. The Hall–Kier alpha value is -2.11. The second kappa shape index (κ2) is 6.79. The van der Waals surface area contributed by atoms with E-state index in [2.05, 4.69) is 10.3 Å². The van der Waals surface area contributed by atoms with Crippen molar-refractivity contribution in [3.05, 3.63) is 22.7 Å². The van der Waals surface area contributed by atoms with E-state index in [0.29, 0.717) is 4.57 Å². The van der Waals surface area contributed by atoms with Gasteiger partial charge in [-0.1, -0.05) is 0 Å². The van der Waals surface area contributed by atoms with E-state index in [1.807, 2.05) is 0 Å². The Kier molecular flexibility index (Phi) is 5.16. The van der Waals surface area contributed by atoms with Crippen LogP contribution < -0.4 is 11.0 Å². The molecule has 1 unspecified atom stereocenters. The number of hydrogen-bond acceptors (Lipinski definition) is 7. The maximum Gasteiger partial charge on any atom is 0.413 e. The van der Waals surface area contributed by atoms with Gasteiger partial charge in [-0.2, -0.15) is 13.8 Å². The predicted molar refractivity (Wildman–Crippen MR) is 75.7 cm³/mol. The minimum atomic E-state index is -3.80. The van der Waals surface area contributed by atoms with Gasteiger partial charge < -0.3 is 19.7 Å². The van der Waals surface area contributed by atoms with E-state index in [-0.39, 0.29) is 5.82 Å². The third-order valence-electron chi connectivity index (χ3n) is 3.21. The van der Waals surface area contributed by atoms with Crippen LogP contribution in [-0.2, 0) is 9.47 Å². The van der Waals surface area contributed by atoms with Crippen molar-refractivity contribution in [1.29, 1.82) is 0 Å². The minimum Gasteiger partial charge on any atom is -0.447 e. The molecule has 1 aromatic heterocycles. The number of carbonyl (C=O) groups is 1. The Labute approximate surface area is 134 Å². The maximum atomic E-state index is 14.0. The first-order valence-corrected chi connectivity index (χ1v) is 7.05. The number of amides is 1. The molecule has 0 saturated carbocycles. The van der Waals surface area contributed by atoms with Gasteiger partial charge in [0.15, 0.2) is 6.10 Å². The van der Waals surface area contributed by atoms with Crippen LogP contribution in [0.15, 0.2) is 17.1 Å². The number of alkyl halides is 2. The molecule has 2 heterocycles. The van der Waals surface area contributed by atoms with Crippen LogP contribution >= 0.6 is 0 Å². The fourth-order valence-electron chi connectivity index (χ4n) is 2.13. The quantitative estimate of drug-likeness (QED) is 0.704. The third-order valence-corrected chi connectivity index (χ3v) is 3.21. The molecule has 9 nitrogen and oxygen atoms in total. The molecule has 3 atom stereocenters. The second-order valence-electron chi connectivity index (χ2n) is 5.41. The average Bonchev–Trinajstić information content (AvgIpc) is 2.69. The van der Waals surface area contributed by atoms with Crippen LogP contribution in [0.5, 0.6) is 0 Å². The number of halogens is 2. The first-order valence-electron chi connectivity index (χ1n) is 7.05. The van der Waals surface area contributed by atoms with Crippen molar-refractivity contribution in [3.63, 3.8) is 0 Å². The van der Waals surface area contributed by atoms with E-state index in [1.54, 1.807) is 13.8 Å². The summed E-state index contributed by atoms with van der Waals surface area (Å²) < 4.78 is 38.1. The molecule has 24 heavy (non-hydrogen) atoms. The summed E-state index contributed by atoms with van der Waals surface area (Å²) >= 11 is 0. The average molecular weight is 349 g/mol. The van der Waals surface area contributed by atoms with Crippen LogP contribution in [0.1, 0.15) is 20.1 Å². The molecule has 3 N–H and O–H groups in total. The van der Waals surface area contributed by atoms with E-state index in [9.17, 15) is 23.5 Å². The Morgan fingerprint density at radius 2 is 2.25 bits per heavy atom. The summed E-state index contributed by atoms with van der Waals surface area (Å²) in [5.74, 6) is -3.99. The molecule has 11 heteroatoms. The smallest absolute Gasteiger partial charge is 0.413 e. The Morgan fingerprint density at radius 3 is 2.75 bits per heavy atom. The van der Waals surface area contributed by atoms with Crippen molar-refractivity contribution in [2.24, 2.45) is 0 Å². The molecule has 1 amide bonds. The van der Waals surface area contributed by atoms with E-state index in [4.69, 9.17) is 14.6 Å². The van der Waals surface area contributed by atoms with Crippen molar-refractivity contribution >= 4 is 11.9 Å². The summed E-state index contributed by atoms with van der Waals surface area (Å²) in [5.41, 5.74) is -1.13. The lowest BCUT2D eigenvalue weighted by molar-refractivity contribution is -0.140. The molecule has 0 aromatic carbocycles. The predicted octanol–water partition coefficient (Wildman–Crippen LogP) is 0.0861. The van der Waals surface area contributed by atoms with Crippen LogP contribution in [0, 0.1) is 0 Å². The Bertz CT molecular complexity index is 665. The number of carbonyl (C=O) groups excluding carboxylic acids is 1. The van der Waals surface area contributed by atoms with Gasteiger partial charge in [-0.25, -0.2) is 9.59 Å². The van der Waals surface area contributed by atoms with Crippen LogP contribution in [0.3, 0.4) is 0 Å². The number of nitrogens with one attached hydrogen (secondary N) is 1. The fourth-order valence-corrected chi connectivity index (χ4v) is 2.13. The molecule has 0 aliphatic carbocycles. The monoisotopic (exact) mass is 349 g/mol. The maximum absolute atomic E-state index is 14.0. The van der Waals surface area contributed by atoms with Crippen LogP contribution in [0.25, 0.3) is 0 Å². The zero-order chi connectivity index (χ0) is 18.1. The highest BCUT2D eigenvalue weighted by Gasteiger charge is 2.59. The number of anilines is 1. The van der Waals surface area contributed by atoms with Crippen molar-refractivity contribution in [2.45, 2.75) is 44.3 Å². The number of nitrogens with zero attached hydrogens (tertiary/aromatic N) is 2. The Morgan fingerprint density at radius 1 is 1.58 bits per heavy atom. The summed E-state index contributed by atoms with van der Waals surface area (Å²) in [4.78, 5) is 26.8. The van der Waals surface area contributed by atoms with Gasteiger partial charge in [0, 0.05) is 6.20 Å². The molecule has 1 saturated heterocycles. The zero-order valence-corrected chi connectivity index (χ0v) is 12.8. The number of rotatable bonds is 4. The minimum absolute atomic E-state index is 0.192. The number of hydrogen-bond donors (Lipinski definition) is 3. The summed E-state index contributed by atoms with van der Waals surface area (Å²) in [6.45, 7) is 2.40. The molecule has 1 aliphatic rings. The van der Waals surface area contributed by atoms with Crippen molar-refractivity contribution in [3.8, 4) is 0 Å². The highest BCUT2D eigenvalue weighted by atomic mass is 19.3. The van der Waals surface area contributed by atoms with E-state index in [1.165, 1.54) is 0 Å². The lowest BCUT2D eigenvalue weighted by atomic mass is 10.1. The number of ether oxygens (including phenoxy) is 2. The molecule has 0 bridgehead atoms. The van der Waals surface area contributed by atoms with Gasteiger partial charge in [0.2, 0.25) is 6.23 Å². The van der Waals surface area contributed by atoms with Crippen LogP contribution in [0.2, 0.25) is 0 Å². The molecule has 0 spiro atoms. The first kappa shape index (κ1) is 18.2. The molecule has 1 fully saturated rings. The summed E-state index contributed by atoms with van der Waals surface area (Å²) in [6.07, 6.45) is -6.23. The fraction of sp³-hybridized carbons (Fsp3) is 0.615. The van der Waals surface area contributed by atoms with Gasteiger partial charge in [0.05, 0.1) is 12.7 Å². The van der Waals surface area contributed by atoms with Crippen LogP contribution in [0.4, 0.5) is 19.4 Å². The van der Waals surface area contributed by atoms with Gasteiger partial charge in [0.1, 0.15) is 11.9 Å². The Balaban J connectivity index is 2.21. The topological polar surface area (TPSA) is 123 Å². The van der Waals surface area contributed by atoms with E-state index >= 15 is 0 Å². The van der Waals surface area contributed by atoms with Gasteiger partial charge >= 0.3 is 17.7 Å².